The third-order valence-corrected chi connectivity index (χ3v) is 2.95. The van der Waals surface area contributed by atoms with Crippen molar-refractivity contribution in [2.75, 3.05) is 12.8 Å². The van der Waals surface area contributed by atoms with Crippen LogP contribution in [0.5, 0.6) is 0 Å². The Morgan fingerprint density at radius 3 is 2.33 bits per heavy atom. The number of alkyl halides is 3. The van der Waals surface area contributed by atoms with Gasteiger partial charge < -0.3 is 14.9 Å². The number of ether oxygens (including phenoxy) is 1. The van der Waals surface area contributed by atoms with Crippen LogP contribution in [0, 0.1) is 11.3 Å². The summed E-state index contributed by atoms with van der Waals surface area (Å²) in [6.45, 7) is 0. The van der Waals surface area contributed by atoms with Crippen LogP contribution in [-0.2, 0) is 10.3 Å². The minimum atomic E-state index is -4.87. The predicted octanol–water partition coefficient (Wildman–Crippen LogP) is 2.58. The summed E-state index contributed by atoms with van der Waals surface area (Å²) in [6, 6.07) is 8.42. The second kappa shape index (κ2) is 5.10. The molecule has 2 N–H and O–H groups in total. The molecule has 0 spiro atoms. The molecule has 0 saturated carbocycles. The minimum absolute atomic E-state index is 0.231. The zero-order valence-corrected chi connectivity index (χ0v) is 10.8. The molecule has 0 saturated heterocycles. The maximum atomic E-state index is 13.6. The number of anilines is 1. The third kappa shape index (κ3) is 2.21. The molecular formula is C13H10F3N3O2. The Kier molecular flexibility index (Phi) is 3.61. The van der Waals surface area contributed by atoms with Gasteiger partial charge in [-0.15, -0.1) is 0 Å². The summed E-state index contributed by atoms with van der Waals surface area (Å²) >= 11 is 0. The molecule has 0 aliphatic carbocycles. The van der Waals surface area contributed by atoms with Gasteiger partial charge in [-0.2, -0.15) is 23.4 Å². The van der Waals surface area contributed by atoms with E-state index >= 15 is 0 Å². The highest BCUT2D eigenvalue weighted by atomic mass is 19.4. The quantitative estimate of drug-likeness (QED) is 0.941. The van der Waals surface area contributed by atoms with Crippen LogP contribution in [0.15, 0.2) is 34.7 Å². The Balaban J connectivity index is 2.75. The van der Waals surface area contributed by atoms with Crippen molar-refractivity contribution in [2.24, 2.45) is 0 Å². The summed E-state index contributed by atoms with van der Waals surface area (Å²) < 4.78 is 50.5. The lowest BCUT2D eigenvalue weighted by Gasteiger charge is -2.31. The second-order valence-electron chi connectivity index (χ2n) is 4.09. The number of aromatic nitrogens is 1. The number of rotatable bonds is 3. The first kappa shape index (κ1) is 14.9. The average molecular weight is 297 g/mol. The van der Waals surface area contributed by atoms with E-state index in [1.165, 1.54) is 24.3 Å². The summed E-state index contributed by atoms with van der Waals surface area (Å²) in [5.74, 6) is -1.33. The fourth-order valence-corrected chi connectivity index (χ4v) is 1.96. The van der Waals surface area contributed by atoms with Crippen molar-refractivity contribution in [2.45, 2.75) is 11.8 Å². The number of nitriles is 1. The van der Waals surface area contributed by atoms with E-state index in [1.54, 1.807) is 12.1 Å². The van der Waals surface area contributed by atoms with Crippen LogP contribution in [0.3, 0.4) is 0 Å². The highest BCUT2D eigenvalue weighted by molar-refractivity contribution is 5.43. The fourth-order valence-electron chi connectivity index (χ4n) is 1.96. The van der Waals surface area contributed by atoms with E-state index in [9.17, 15) is 13.2 Å². The number of hydrogen-bond donors (Lipinski definition) is 1. The van der Waals surface area contributed by atoms with Crippen LogP contribution in [0.4, 0.5) is 19.1 Å². The molecular weight excluding hydrogens is 287 g/mol. The average Bonchev–Trinajstić information content (AvgIpc) is 2.81. The second-order valence-corrected chi connectivity index (χ2v) is 4.09. The zero-order valence-electron chi connectivity index (χ0n) is 10.8. The van der Waals surface area contributed by atoms with E-state index in [4.69, 9.17) is 20.1 Å². The highest BCUT2D eigenvalue weighted by Crippen LogP contribution is 2.47. The fraction of sp³-hybridized carbons (Fsp3) is 0.231. The number of oxazole rings is 1. The van der Waals surface area contributed by atoms with Gasteiger partial charge in [0.25, 0.3) is 5.60 Å². The largest absolute Gasteiger partial charge is 0.430 e. The topological polar surface area (TPSA) is 85.1 Å². The molecule has 1 heterocycles. The van der Waals surface area contributed by atoms with Gasteiger partial charge in [0.2, 0.25) is 17.5 Å². The minimum Gasteiger partial charge on any atom is -0.420 e. The van der Waals surface area contributed by atoms with Gasteiger partial charge in [0.15, 0.2) is 0 Å². The first-order valence-electron chi connectivity index (χ1n) is 5.71. The lowest BCUT2D eigenvalue weighted by Crippen LogP contribution is -2.45. The Labute approximate surface area is 117 Å². The van der Waals surface area contributed by atoms with Crippen molar-refractivity contribution in [3.8, 4) is 6.07 Å². The van der Waals surface area contributed by atoms with Crippen LogP contribution in [0.25, 0.3) is 0 Å². The SMILES string of the molecule is CO[C@@](c1ccccc1)(c1nc(C#N)c(N)o1)C(F)(F)F. The number of nitrogens with two attached hydrogens (primary N) is 1. The summed E-state index contributed by atoms with van der Waals surface area (Å²) in [7, 11) is 0.882. The zero-order chi connectivity index (χ0) is 15.7. The number of nitrogens with zero attached hydrogens (tertiary/aromatic N) is 2. The van der Waals surface area contributed by atoms with E-state index in [1.807, 2.05) is 0 Å². The van der Waals surface area contributed by atoms with Crippen molar-refractivity contribution < 1.29 is 22.3 Å². The molecule has 1 atom stereocenters. The number of methoxy groups -OCH3 is 1. The molecule has 0 fully saturated rings. The molecule has 2 aromatic rings. The van der Waals surface area contributed by atoms with Crippen LogP contribution in [-0.4, -0.2) is 18.3 Å². The van der Waals surface area contributed by atoms with Gasteiger partial charge in [0.05, 0.1) is 0 Å². The molecule has 110 valence electrons. The first-order chi connectivity index (χ1) is 9.86. The van der Waals surface area contributed by atoms with Gasteiger partial charge >= 0.3 is 6.18 Å². The molecule has 2 rings (SSSR count). The van der Waals surface area contributed by atoms with Gasteiger partial charge in [-0.05, 0) is 0 Å². The van der Waals surface area contributed by atoms with Crippen molar-refractivity contribution in [1.29, 1.82) is 5.26 Å². The Bertz CT molecular complexity index is 676. The van der Waals surface area contributed by atoms with Crippen LogP contribution < -0.4 is 5.73 Å². The van der Waals surface area contributed by atoms with Gasteiger partial charge in [-0.3, -0.25) is 0 Å². The number of benzene rings is 1. The van der Waals surface area contributed by atoms with Crippen LogP contribution in [0.2, 0.25) is 0 Å². The maximum absolute atomic E-state index is 13.6. The standard InChI is InChI=1S/C13H10F3N3O2/c1-20-12(13(14,15)16,8-5-3-2-4-6-8)11-19-9(7-17)10(18)21-11/h2-6H,18H2,1H3/t12-/m0/s1. The Morgan fingerprint density at radius 1 is 1.29 bits per heavy atom. The van der Waals surface area contributed by atoms with Gasteiger partial charge in [-0.1, -0.05) is 30.3 Å². The predicted molar refractivity (Wildman–Crippen MR) is 65.9 cm³/mol. The molecule has 21 heavy (non-hydrogen) atoms. The Morgan fingerprint density at radius 2 is 1.90 bits per heavy atom. The molecule has 0 amide bonds. The highest BCUT2D eigenvalue weighted by Gasteiger charge is 2.62. The molecule has 1 aromatic heterocycles. The van der Waals surface area contributed by atoms with E-state index in [0.29, 0.717) is 0 Å². The number of nitrogen functional groups attached to an aromatic ring is 1. The number of halogens is 3. The van der Waals surface area contributed by atoms with Gasteiger partial charge in [0, 0.05) is 12.7 Å². The third-order valence-electron chi connectivity index (χ3n) is 2.95. The van der Waals surface area contributed by atoms with Crippen LogP contribution in [0.1, 0.15) is 17.1 Å². The van der Waals surface area contributed by atoms with Gasteiger partial charge in [-0.25, -0.2) is 0 Å². The van der Waals surface area contributed by atoms with E-state index in [0.717, 1.165) is 7.11 Å². The van der Waals surface area contributed by atoms with Crippen molar-refractivity contribution in [3.63, 3.8) is 0 Å². The van der Waals surface area contributed by atoms with Crippen molar-refractivity contribution in [3.05, 3.63) is 47.5 Å². The van der Waals surface area contributed by atoms with Crippen LogP contribution >= 0.6 is 0 Å². The molecule has 8 heteroatoms. The maximum Gasteiger partial charge on any atom is 0.430 e. The summed E-state index contributed by atoms with van der Waals surface area (Å²) in [4.78, 5) is 3.52. The monoisotopic (exact) mass is 297 g/mol. The molecule has 0 radical (unpaired) electrons. The summed E-state index contributed by atoms with van der Waals surface area (Å²) in [5, 5.41) is 8.77. The molecule has 0 aliphatic rings. The van der Waals surface area contributed by atoms with E-state index < -0.39 is 29.2 Å². The first-order valence-corrected chi connectivity index (χ1v) is 5.71. The van der Waals surface area contributed by atoms with Gasteiger partial charge in [0.1, 0.15) is 6.07 Å². The lowest BCUT2D eigenvalue weighted by molar-refractivity contribution is -0.265. The Hall–Kier alpha value is -2.53. The lowest BCUT2D eigenvalue weighted by atomic mass is 9.92. The molecule has 1 aromatic carbocycles. The molecule has 5 nitrogen and oxygen atoms in total. The number of hydrogen-bond acceptors (Lipinski definition) is 5. The smallest absolute Gasteiger partial charge is 0.420 e. The normalized spacial score (nSPS) is 14.4. The van der Waals surface area contributed by atoms with E-state index in [-0.39, 0.29) is 5.56 Å². The summed E-state index contributed by atoms with van der Waals surface area (Å²) in [5.41, 5.74) is 1.76. The van der Waals surface area contributed by atoms with E-state index in [2.05, 4.69) is 4.98 Å². The van der Waals surface area contributed by atoms with Crippen molar-refractivity contribution in [1.82, 2.24) is 4.98 Å². The summed E-state index contributed by atoms with van der Waals surface area (Å²) in [6.07, 6.45) is -4.87. The molecule has 0 aliphatic heterocycles. The van der Waals surface area contributed by atoms with Crippen molar-refractivity contribution >= 4 is 5.88 Å². The molecule has 0 unspecified atom stereocenters. The molecule has 0 bridgehead atoms.